The van der Waals surface area contributed by atoms with Gasteiger partial charge in [-0.25, -0.2) is 0 Å². The molecule has 94 valence electrons. The molecule has 2 rings (SSSR count). The van der Waals surface area contributed by atoms with Gasteiger partial charge in [0.15, 0.2) is 0 Å². The Balaban J connectivity index is 2.13. The molecule has 0 spiro atoms. The van der Waals surface area contributed by atoms with E-state index in [1.165, 1.54) is 5.69 Å². The van der Waals surface area contributed by atoms with Crippen LogP contribution in [0.25, 0.3) is 0 Å². The lowest BCUT2D eigenvalue weighted by molar-refractivity contribution is 0.266. The van der Waals surface area contributed by atoms with E-state index < -0.39 is 0 Å². The molecular weight excluding hydrogens is 212 g/mol. The fourth-order valence-corrected chi connectivity index (χ4v) is 2.61. The van der Waals surface area contributed by atoms with Gasteiger partial charge in [-0.05, 0) is 32.1 Å². The summed E-state index contributed by atoms with van der Waals surface area (Å²) in [5, 5.41) is 0. The average molecular weight is 234 g/mol. The fraction of sp³-hybridized carbons (Fsp3) is 0.615. The maximum atomic E-state index is 5.63. The highest BCUT2D eigenvalue weighted by atomic mass is 15.2. The highest BCUT2D eigenvalue weighted by Gasteiger charge is 2.31. The van der Waals surface area contributed by atoms with Crippen molar-refractivity contribution < 1.29 is 0 Å². The van der Waals surface area contributed by atoms with Gasteiger partial charge in [-0.3, -0.25) is 4.98 Å². The molecule has 2 N–H and O–H groups in total. The van der Waals surface area contributed by atoms with E-state index in [2.05, 4.69) is 47.9 Å². The molecule has 2 atom stereocenters. The molecule has 0 aliphatic carbocycles. The highest BCUT2D eigenvalue weighted by molar-refractivity contribution is 5.48. The minimum Gasteiger partial charge on any atom is -0.370 e. The van der Waals surface area contributed by atoms with Crippen LogP contribution in [0.4, 0.5) is 5.69 Å². The van der Waals surface area contributed by atoms with Crippen LogP contribution >= 0.6 is 0 Å². The lowest BCUT2D eigenvalue weighted by Gasteiger charge is -2.23. The molecule has 0 amide bonds. The quantitative estimate of drug-likeness (QED) is 0.845. The molecule has 1 aromatic rings. The third kappa shape index (κ3) is 2.58. The molecule has 4 nitrogen and oxygen atoms in total. The van der Waals surface area contributed by atoms with E-state index in [-0.39, 0.29) is 0 Å². The maximum Gasteiger partial charge on any atom is 0.0560 e. The Hall–Kier alpha value is -1.13. The fourth-order valence-electron chi connectivity index (χ4n) is 2.61. The zero-order valence-corrected chi connectivity index (χ0v) is 10.9. The summed E-state index contributed by atoms with van der Waals surface area (Å²) in [4.78, 5) is 8.98. The van der Waals surface area contributed by atoms with E-state index in [1.807, 2.05) is 6.20 Å². The number of aromatic nitrogens is 1. The molecule has 1 aromatic heterocycles. The Labute approximate surface area is 103 Å². The molecular formula is C13H22N4. The molecule has 1 fully saturated rings. The third-order valence-electron chi connectivity index (χ3n) is 3.61. The van der Waals surface area contributed by atoms with Crippen molar-refractivity contribution in [3.63, 3.8) is 0 Å². The number of nitrogens with zero attached hydrogens (tertiary/aromatic N) is 3. The number of rotatable bonds is 3. The third-order valence-corrected chi connectivity index (χ3v) is 3.61. The largest absolute Gasteiger partial charge is 0.370 e. The number of anilines is 1. The van der Waals surface area contributed by atoms with E-state index in [1.54, 1.807) is 0 Å². The molecule has 0 aromatic carbocycles. The average Bonchev–Trinajstić information content (AvgIpc) is 2.71. The maximum absolute atomic E-state index is 5.63. The first-order valence-electron chi connectivity index (χ1n) is 6.18. The van der Waals surface area contributed by atoms with Crippen molar-refractivity contribution in [1.82, 2.24) is 9.88 Å². The Morgan fingerprint density at radius 1 is 1.47 bits per heavy atom. The summed E-state index contributed by atoms with van der Waals surface area (Å²) in [7, 11) is 4.31. The number of hydrogen-bond donors (Lipinski definition) is 1. The minimum absolute atomic E-state index is 0.508. The van der Waals surface area contributed by atoms with Crippen LogP contribution < -0.4 is 10.6 Å². The van der Waals surface area contributed by atoms with E-state index in [0.29, 0.717) is 18.5 Å². The summed E-state index contributed by atoms with van der Waals surface area (Å²) >= 11 is 0. The second kappa shape index (κ2) is 5.02. The van der Waals surface area contributed by atoms with Crippen LogP contribution in [0.3, 0.4) is 0 Å². The monoisotopic (exact) mass is 234 g/mol. The molecule has 0 bridgehead atoms. The molecule has 0 radical (unpaired) electrons. The van der Waals surface area contributed by atoms with Gasteiger partial charge >= 0.3 is 0 Å². The summed E-state index contributed by atoms with van der Waals surface area (Å²) in [5.74, 6) is 0.694. The van der Waals surface area contributed by atoms with Gasteiger partial charge in [0.05, 0.1) is 5.69 Å². The Morgan fingerprint density at radius 2 is 2.24 bits per heavy atom. The zero-order valence-electron chi connectivity index (χ0n) is 10.9. The molecule has 1 aliphatic rings. The molecule has 2 heterocycles. The molecule has 4 heteroatoms. The summed E-state index contributed by atoms with van der Waals surface area (Å²) < 4.78 is 0. The molecule has 2 unspecified atom stereocenters. The lowest BCUT2D eigenvalue weighted by atomic mass is 10.1. The van der Waals surface area contributed by atoms with Gasteiger partial charge in [0, 0.05) is 37.6 Å². The highest BCUT2D eigenvalue weighted by Crippen LogP contribution is 2.25. The number of nitrogens with two attached hydrogens (primary N) is 1. The van der Waals surface area contributed by atoms with E-state index in [4.69, 9.17) is 5.73 Å². The van der Waals surface area contributed by atoms with Crippen molar-refractivity contribution in [3.8, 4) is 0 Å². The topological polar surface area (TPSA) is 45.4 Å². The SMILES string of the molecule is CC1CN(c2ccnc(CN)c2)CC1N(C)C. The predicted octanol–water partition coefficient (Wildman–Crippen LogP) is 0.927. The zero-order chi connectivity index (χ0) is 12.4. The van der Waals surface area contributed by atoms with E-state index in [9.17, 15) is 0 Å². The van der Waals surface area contributed by atoms with Gasteiger partial charge in [0.2, 0.25) is 0 Å². The molecule has 1 aliphatic heterocycles. The van der Waals surface area contributed by atoms with Crippen molar-refractivity contribution in [2.75, 3.05) is 32.1 Å². The van der Waals surface area contributed by atoms with Crippen LogP contribution in [0.5, 0.6) is 0 Å². The van der Waals surface area contributed by atoms with Crippen LogP contribution in [0, 0.1) is 5.92 Å². The second-order valence-electron chi connectivity index (χ2n) is 5.12. The van der Waals surface area contributed by atoms with E-state index in [0.717, 1.165) is 18.8 Å². The van der Waals surface area contributed by atoms with Crippen molar-refractivity contribution in [1.29, 1.82) is 0 Å². The van der Waals surface area contributed by atoms with Gasteiger partial charge < -0.3 is 15.5 Å². The van der Waals surface area contributed by atoms with Gasteiger partial charge in [0.1, 0.15) is 0 Å². The van der Waals surface area contributed by atoms with Crippen LogP contribution in [-0.4, -0.2) is 43.1 Å². The van der Waals surface area contributed by atoms with Crippen LogP contribution in [0.2, 0.25) is 0 Å². The molecule has 0 saturated carbocycles. The number of hydrogen-bond acceptors (Lipinski definition) is 4. The smallest absolute Gasteiger partial charge is 0.0560 e. The van der Waals surface area contributed by atoms with Crippen molar-refractivity contribution in [2.45, 2.75) is 19.5 Å². The van der Waals surface area contributed by atoms with Crippen molar-refractivity contribution in [2.24, 2.45) is 11.7 Å². The minimum atomic E-state index is 0.508. The first-order valence-corrected chi connectivity index (χ1v) is 6.18. The van der Waals surface area contributed by atoms with Gasteiger partial charge in [-0.2, -0.15) is 0 Å². The standard InChI is InChI=1S/C13H22N4/c1-10-8-17(9-13(10)16(2)3)12-4-5-15-11(6-12)7-14/h4-6,10,13H,7-9,14H2,1-3H3. The Kier molecular flexibility index (Phi) is 3.64. The van der Waals surface area contributed by atoms with Crippen molar-refractivity contribution >= 4 is 5.69 Å². The first kappa shape index (κ1) is 12.3. The van der Waals surface area contributed by atoms with Crippen LogP contribution in [0.15, 0.2) is 18.3 Å². The predicted molar refractivity (Wildman–Crippen MR) is 71.0 cm³/mol. The molecule has 17 heavy (non-hydrogen) atoms. The van der Waals surface area contributed by atoms with E-state index >= 15 is 0 Å². The number of pyridine rings is 1. The number of likely N-dealkylation sites (N-methyl/N-ethyl adjacent to an activating group) is 1. The summed E-state index contributed by atoms with van der Waals surface area (Å²) in [6.45, 7) is 5.02. The summed E-state index contributed by atoms with van der Waals surface area (Å²) in [6, 6.07) is 4.80. The Bertz CT molecular complexity index is 377. The molecule has 1 saturated heterocycles. The van der Waals surface area contributed by atoms with Crippen LogP contribution in [-0.2, 0) is 6.54 Å². The summed E-state index contributed by atoms with van der Waals surface area (Å²) in [5.41, 5.74) is 7.84. The Morgan fingerprint density at radius 3 is 2.82 bits per heavy atom. The first-order chi connectivity index (χ1) is 8.11. The van der Waals surface area contributed by atoms with Gasteiger partial charge in [-0.15, -0.1) is 0 Å². The van der Waals surface area contributed by atoms with Gasteiger partial charge in [-0.1, -0.05) is 6.92 Å². The summed E-state index contributed by atoms with van der Waals surface area (Å²) in [6.07, 6.45) is 1.85. The van der Waals surface area contributed by atoms with Gasteiger partial charge in [0.25, 0.3) is 0 Å². The lowest BCUT2D eigenvalue weighted by Crippen LogP contribution is -2.34. The van der Waals surface area contributed by atoms with Crippen molar-refractivity contribution in [3.05, 3.63) is 24.0 Å². The normalized spacial score (nSPS) is 24.6. The second-order valence-corrected chi connectivity index (χ2v) is 5.12. The van der Waals surface area contributed by atoms with Crippen LogP contribution in [0.1, 0.15) is 12.6 Å².